The number of hydrogen-bond acceptors (Lipinski definition) is 4. The molecule has 4 heteroatoms. The van der Waals surface area contributed by atoms with Crippen molar-refractivity contribution in [2.24, 2.45) is 11.3 Å². The van der Waals surface area contributed by atoms with Gasteiger partial charge in [-0.2, -0.15) is 0 Å². The highest BCUT2D eigenvalue weighted by atomic mass is 16.6. The molecule has 0 saturated carbocycles. The summed E-state index contributed by atoms with van der Waals surface area (Å²) in [6.07, 6.45) is -0.701. The fraction of sp³-hybridized carbons (Fsp3) is 0.857. The number of rotatable bonds is 2. The zero-order valence-corrected chi connectivity index (χ0v) is 7.38. The Morgan fingerprint density at radius 3 is 2.00 bits per heavy atom. The van der Waals surface area contributed by atoms with Crippen LogP contribution in [0.25, 0.3) is 0 Å². The number of nitrogens with two attached hydrogens (primary N) is 1. The predicted octanol–water partition coefficient (Wildman–Crippen LogP) is 0.464. The second-order valence-electron chi connectivity index (χ2n) is 3.41. The smallest absolute Gasteiger partial charge is 0.337 e. The van der Waals surface area contributed by atoms with Crippen molar-refractivity contribution in [1.82, 2.24) is 0 Å². The fourth-order valence-electron chi connectivity index (χ4n) is 0.720. The molecule has 0 aromatic heterocycles. The number of carbonyl (C=O) groups excluding carboxylic acids is 1. The van der Waals surface area contributed by atoms with Gasteiger partial charge in [0.15, 0.2) is 6.10 Å². The summed E-state index contributed by atoms with van der Waals surface area (Å²) in [5, 5.41) is 0. The first-order valence-corrected chi connectivity index (χ1v) is 3.37. The van der Waals surface area contributed by atoms with Crippen molar-refractivity contribution in [3.05, 3.63) is 0 Å². The average molecular weight is 161 g/mol. The van der Waals surface area contributed by atoms with E-state index in [0.29, 0.717) is 0 Å². The van der Waals surface area contributed by atoms with Gasteiger partial charge in [0.05, 0.1) is 7.11 Å². The zero-order valence-electron chi connectivity index (χ0n) is 7.38. The Morgan fingerprint density at radius 2 is 1.91 bits per heavy atom. The van der Waals surface area contributed by atoms with Crippen LogP contribution in [0.4, 0.5) is 0 Å². The largest absolute Gasteiger partial charge is 0.467 e. The van der Waals surface area contributed by atoms with Crippen molar-refractivity contribution in [1.29, 1.82) is 0 Å². The summed E-state index contributed by atoms with van der Waals surface area (Å²) < 4.78 is 4.49. The minimum absolute atomic E-state index is 0.332. The van der Waals surface area contributed by atoms with Crippen LogP contribution in [0.1, 0.15) is 20.8 Å². The first-order chi connectivity index (χ1) is 4.93. The van der Waals surface area contributed by atoms with Crippen molar-refractivity contribution in [3.8, 4) is 0 Å². The van der Waals surface area contributed by atoms with E-state index < -0.39 is 12.1 Å². The van der Waals surface area contributed by atoms with Gasteiger partial charge in [-0.25, -0.2) is 10.7 Å². The van der Waals surface area contributed by atoms with E-state index in [1.165, 1.54) is 7.11 Å². The summed E-state index contributed by atoms with van der Waals surface area (Å²) in [7, 11) is 1.31. The van der Waals surface area contributed by atoms with E-state index in [1.54, 1.807) is 0 Å². The van der Waals surface area contributed by atoms with Crippen LogP contribution < -0.4 is 5.90 Å². The van der Waals surface area contributed by atoms with E-state index in [4.69, 9.17) is 5.90 Å². The molecule has 0 aliphatic rings. The average Bonchev–Trinajstić information content (AvgIpc) is 1.86. The van der Waals surface area contributed by atoms with Gasteiger partial charge in [0.2, 0.25) is 0 Å². The van der Waals surface area contributed by atoms with E-state index in [9.17, 15) is 4.79 Å². The zero-order chi connectivity index (χ0) is 9.07. The molecular weight excluding hydrogens is 146 g/mol. The summed E-state index contributed by atoms with van der Waals surface area (Å²) >= 11 is 0. The van der Waals surface area contributed by atoms with Crippen molar-refractivity contribution in [3.63, 3.8) is 0 Å². The van der Waals surface area contributed by atoms with E-state index in [-0.39, 0.29) is 5.41 Å². The number of methoxy groups -OCH3 is 1. The number of carbonyl (C=O) groups is 1. The Hall–Kier alpha value is -0.610. The lowest BCUT2D eigenvalue weighted by atomic mass is 9.89. The van der Waals surface area contributed by atoms with Crippen molar-refractivity contribution < 1.29 is 14.4 Å². The summed E-state index contributed by atoms with van der Waals surface area (Å²) in [4.78, 5) is 15.5. The Kier molecular flexibility index (Phi) is 3.48. The molecule has 0 amide bonds. The summed E-state index contributed by atoms with van der Waals surface area (Å²) in [5.74, 6) is 4.49. The van der Waals surface area contributed by atoms with Crippen LogP contribution in [-0.4, -0.2) is 19.2 Å². The SMILES string of the molecule is COC(=O)C(ON)C(C)(C)C. The van der Waals surface area contributed by atoms with Gasteiger partial charge in [0.25, 0.3) is 0 Å². The maximum atomic E-state index is 11.0. The minimum atomic E-state index is -0.701. The van der Waals surface area contributed by atoms with E-state index in [2.05, 4.69) is 9.57 Å². The van der Waals surface area contributed by atoms with Crippen molar-refractivity contribution in [2.45, 2.75) is 26.9 Å². The van der Waals surface area contributed by atoms with Crippen LogP contribution in [0.5, 0.6) is 0 Å². The van der Waals surface area contributed by atoms with Crippen LogP contribution in [-0.2, 0) is 14.4 Å². The maximum absolute atomic E-state index is 11.0. The lowest BCUT2D eigenvalue weighted by Crippen LogP contribution is -2.39. The molecular formula is C7H15NO3. The molecule has 0 aromatic rings. The minimum Gasteiger partial charge on any atom is -0.467 e. The summed E-state index contributed by atoms with van der Waals surface area (Å²) in [6, 6.07) is 0. The van der Waals surface area contributed by atoms with Crippen LogP contribution >= 0.6 is 0 Å². The number of esters is 1. The van der Waals surface area contributed by atoms with Gasteiger partial charge in [0, 0.05) is 5.41 Å². The predicted molar refractivity (Wildman–Crippen MR) is 40.5 cm³/mol. The van der Waals surface area contributed by atoms with Gasteiger partial charge in [-0.15, -0.1) is 0 Å². The third-order valence-electron chi connectivity index (χ3n) is 1.34. The highest BCUT2D eigenvalue weighted by Gasteiger charge is 2.32. The Bertz CT molecular complexity index is 139. The van der Waals surface area contributed by atoms with Gasteiger partial charge in [0.1, 0.15) is 0 Å². The monoisotopic (exact) mass is 161 g/mol. The lowest BCUT2D eigenvalue weighted by Gasteiger charge is -2.25. The molecule has 0 fully saturated rings. The second-order valence-corrected chi connectivity index (χ2v) is 3.41. The molecule has 2 N–H and O–H groups in total. The molecule has 0 rings (SSSR count). The third kappa shape index (κ3) is 2.86. The van der Waals surface area contributed by atoms with Crippen LogP contribution in [0.15, 0.2) is 0 Å². The molecule has 1 atom stereocenters. The lowest BCUT2D eigenvalue weighted by molar-refractivity contribution is -0.162. The second kappa shape index (κ2) is 3.69. The van der Waals surface area contributed by atoms with Gasteiger partial charge >= 0.3 is 5.97 Å². The van der Waals surface area contributed by atoms with Crippen LogP contribution in [0.2, 0.25) is 0 Å². The Balaban J connectivity index is 4.29. The molecule has 66 valence electrons. The molecule has 0 bridgehead atoms. The molecule has 0 aliphatic heterocycles. The highest BCUT2D eigenvalue weighted by molar-refractivity contribution is 5.75. The van der Waals surface area contributed by atoms with Gasteiger partial charge < -0.3 is 4.74 Å². The maximum Gasteiger partial charge on any atom is 0.337 e. The van der Waals surface area contributed by atoms with Gasteiger partial charge in [-0.05, 0) is 0 Å². The molecule has 11 heavy (non-hydrogen) atoms. The first kappa shape index (κ1) is 10.4. The van der Waals surface area contributed by atoms with Gasteiger partial charge in [-0.1, -0.05) is 20.8 Å². The standard InChI is InChI=1S/C7H15NO3/c1-7(2,3)5(11-8)6(9)10-4/h5H,8H2,1-4H3. The summed E-state index contributed by atoms with van der Waals surface area (Å²) in [5.41, 5.74) is -0.332. The molecule has 0 aromatic carbocycles. The van der Waals surface area contributed by atoms with E-state index >= 15 is 0 Å². The Morgan fingerprint density at radius 1 is 1.45 bits per heavy atom. The topological polar surface area (TPSA) is 61.5 Å². The highest BCUT2D eigenvalue weighted by Crippen LogP contribution is 2.21. The number of hydrogen-bond donors (Lipinski definition) is 1. The van der Waals surface area contributed by atoms with Crippen molar-refractivity contribution >= 4 is 5.97 Å². The quantitative estimate of drug-likeness (QED) is 0.472. The fourth-order valence-corrected chi connectivity index (χ4v) is 0.720. The van der Waals surface area contributed by atoms with Crippen LogP contribution in [0.3, 0.4) is 0 Å². The first-order valence-electron chi connectivity index (χ1n) is 3.37. The molecule has 0 heterocycles. The molecule has 4 nitrogen and oxygen atoms in total. The normalized spacial score (nSPS) is 14.3. The molecule has 0 spiro atoms. The van der Waals surface area contributed by atoms with Gasteiger partial charge in [-0.3, -0.25) is 4.84 Å². The summed E-state index contributed by atoms with van der Waals surface area (Å²) in [6.45, 7) is 5.55. The molecule has 0 radical (unpaired) electrons. The molecule has 0 saturated heterocycles. The van der Waals surface area contributed by atoms with Crippen molar-refractivity contribution in [2.75, 3.05) is 7.11 Å². The third-order valence-corrected chi connectivity index (χ3v) is 1.34. The van der Waals surface area contributed by atoms with E-state index in [1.807, 2.05) is 20.8 Å². The molecule has 1 unspecified atom stereocenters. The number of ether oxygens (including phenoxy) is 1. The van der Waals surface area contributed by atoms with E-state index in [0.717, 1.165) is 0 Å². The van der Waals surface area contributed by atoms with Crippen LogP contribution in [0, 0.1) is 5.41 Å². The Labute approximate surface area is 66.6 Å². The molecule has 0 aliphatic carbocycles.